The molecule has 2 aromatic carbocycles. The number of hydrogen-bond acceptors (Lipinski definition) is 5. The second kappa shape index (κ2) is 9.09. The van der Waals surface area contributed by atoms with Gasteiger partial charge in [-0.15, -0.1) is 0 Å². The number of nitrogens with zero attached hydrogens (tertiary/aromatic N) is 3. The molecule has 7 heteroatoms. The van der Waals surface area contributed by atoms with Crippen molar-refractivity contribution in [2.75, 3.05) is 14.2 Å². The van der Waals surface area contributed by atoms with Crippen molar-refractivity contribution >= 4 is 11.0 Å². The summed E-state index contributed by atoms with van der Waals surface area (Å²) >= 11 is 0. The lowest BCUT2D eigenvalue weighted by atomic mass is 10.1. The van der Waals surface area contributed by atoms with Crippen LogP contribution in [0.2, 0.25) is 0 Å². The van der Waals surface area contributed by atoms with E-state index in [1.807, 2.05) is 55.5 Å². The number of hydrogen-bond donors (Lipinski definition) is 0. The molecule has 0 radical (unpaired) electrons. The number of ether oxygens (including phenoxy) is 2. The molecule has 0 saturated heterocycles. The lowest BCUT2D eigenvalue weighted by Gasteiger charge is -2.20. The van der Waals surface area contributed by atoms with E-state index in [9.17, 15) is 9.59 Å². The summed E-state index contributed by atoms with van der Waals surface area (Å²) in [5.74, 6) is 1.23. The normalized spacial score (nSPS) is 12.0. The Morgan fingerprint density at radius 3 is 2.41 bits per heavy atom. The Morgan fingerprint density at radius 2 is 1.69 bits per heavy atom. The molecule has 0 aliphatic carbocycles. The molecule has 2 aromatic heterocycles. The fraction of sp³-hybridized carbons (Fsp3) is 0.240. The molecule has 0 saturated carbocycles. The first-order valence-corrected chi connectivity index (χ1v) is 10.4. The zero-order valence-electron chi connectivity index (χ0n) is 18.3. The average Bonchev–Trinajstić information content (AvgIpc) is 2.84. The molecule has 4 rings (SSSR count). The smallest absolute Gasteiger partial charge is 0.332 e. The van der Waals surface area contributed by atoms with Crippen molar-refractivity contribution in [2.45, 2.75) is 25.9 Å². The van der Waals surface area contributed by atoms with Gasteiger partial charge in [0.2, 0.25) is 0 Å². The van der Waals surface area contributed by atoms with Gasteiger partial charge in [-0.2, -0.15) is 0 Å². The third-order valence-electron chi connectivity index (χ3n) is 5.67. The van der Waals surface area contributed by atoms with Crippen molar-refractivity contribution in [1.29, 1.82) is 0 Å². The van der Waals surface area contributed by atoms with Gasteiger partial charge >= 0.3 is 5.69 Å². The molecule has 7 nitrogen and oxygen atoms in total. The molecule has 0 N–H and O–H groups in total. The van der Waals surface area contributed by atoms with E-state index in [2.05, 4.69) is 4.98 Å². The van der Waals surface area contributed by atoms with Crippen LogP contribution in [-0.4, -0.2) is 28.3 Å². The first-order valence-electron chi connectivity index (χ1n) is 10.4. The monoisotopic (exact) mass is 431 g/mol. The Hall–Kier alpha value is -3.87. The van der Waals surface area contributed by atoms with Gasteiger partial charge in [-0.05, 0) is 48.7 Å². The summed E-state index contributed by atoms with van der Waals surface area (Å²) in [6.45, 7) is 2.17. The molecule has 1 unspecified atom stereocenters. The summed E-state index contributed by atoms with van der Waals surface area (Å²) in [5.41, 5.74) is 1.97. The van der Waals surface area contributed by atoms with Crippen LogP contribution in [0.15, 0.2) is 76.4 Å². The van der Waals surface area contributed by atoms with E-state index >= 15 is 0 Å². The maximum absolute atomic E-state index is 13.5. The van der Waals surface area contributed by atoms with Crippen LogP contribution < -0.4 is 20.7 Å². The molecule has 0 aliphatic rings. The first kappa shape index (κ1) is 21.4. The maximum atomic E-state index is 13.5. The van der Waals surface area contributed by atoms with E-state index in [-0.39, 0.29) is 29.4 Å². The predicted molar refractivity (Wildman–Crippen MR) is 124 cm³/mol. The van der Waals surface area contributed by atoms with E-state index in [1.165, 1.54) is 4.57 Å². The lowest BCUT2D eigenvalue weighted by Crippen LogP contribution is -2.42. The summed E-state index contributed by atoms with van der Waals surface area (Å²) in [6, 6.07) is 18.6. The second-order valence-electron chi connectivity index (χ2n) is 7.51. The van der Waals surface area contributed by atoms with Crippen LogP contribution in [0.4, 0.5) is 0 Å². The number of fused-ring (bicyclic) bond motifs is 1. The van der Waals surface area contributed by atoms with Crippen molar-refractivity contribution in [3.8, 4) is 11.5 Å². The summed E-state index contributed by atoms with van der Waals surface area (Å²) in [7, 11) is 3.15. The third-order valence-corrected chi connectivity index (χ3v) is 5.67. The topological polar surface area (TPSA) is 75.4 Å². The van der Waals surface area contributed by atoms with E-state index in [0.717, 1.165) is 11.1 Å². The Morgan fingerprint density at radius 1 is 0.938 bits per heavy atom. The fourth-order valence-corrected chi connectivity index (χ4v) is 3.93. The van der Waals surface area contributed by atoms with E-state index in [0.29, 0.717) is 23.4 Å². The molecule has 0 bridgehead atoms. The highest BCUT2D eigenvalue weighted by atomic mass is 16.5. The molecule has 164 valence electrons. The molecule has 0 amide bonds. The van der Waals surface area contributed by atoms with Crippen LogP contribution >= 0.6 is 0 Å². The van der Waals surface area contributed by atoms with Gasteiger partial charge in [0, 0.05) is 12.7 Å². The zero-order valence-corrected chi connectivity index (χ0v) is 18.3. The highest BCUT2D eigenvalue weighted by molar-refractivity contribution is 5.73. The number of methoxy groups -OCH3 is 2. The van der Waals surface area contributed by atoms with Crippen molar-refractivity contribution in [1.82, 2.24) is 14.1 Å². The number of rotatable bonds is 7. The molecular formula is C25H25N3O4. The van der Waals surface area contributed by atoms with Crippen molar-refractivity contribution < 1.29 is 9.47 Å². The van der Waals surface area contributed by atoms with Gasteiger partial charge in [-0.1, -0.05) is 36.4 Å². The van der Waals surface area contributed by atoms with Crippen LogP contribution in [0.25, 0.3) is 11.0 Å². The Balaban J connectivity index is 1.79. The minimum atomic E-state index is -0.386. The maximum Gasteiger partial charge on any atom is 0.332 e. The SMILES string of the molecule is COc1ccc(CCn2c(=O)c3ncccc3n(C(C)c3ccccc3)c2=O)cc1OC. The average molecular weight is 431 g/mol. The summed E-state index contributed by atoms with van der Waals surface area (Å²) < 4.78 is 13.6. The summed E-state index contributed by atoms with van der Waals surface area (Å²) in [6.07, 6.45) is 2.05. The molecule has 0 aliphatic heterocycles. The molecular weight excluding hydrogens is 406 g/mol. The Kier molecular flexibility index (Phi) is 6.07. The number of pyridine rings is 1. The molecule has 32 heavy (non-hydrogen) atoms. The van der Waals surface area contributed by atoms with E-state index < -0.39 is 0 Å². The minimum absolute atomic E-state index is 0.223. The highest BCUT2D eigenvalue weighted by Gasteiger charge is 2.19. The number of aryl methyl sites for hydroxylation is 1. The number of benzene rings is 2. The first-order chi connectivity index (χ1) is 15.5. The lowest BCUT2D eigenvalue weighted by molar-refractivity contribution is 0.354. The van der Waals surface area contributed by atoms with E-state index in [4.69, 9.17) is 9.47 Å². The third kappa shape index (κ3) is 3.89. The fourth-order valence-electron chi connectivity index (χ4n) is 3.93. The number of aromatic nitrogens is 3. The van der Waals surface area contributed by atoms with E-state index in [1.54, 1.807) is 37.1 Å². The summed E-state index contributed by atoms with van der Waals surface area (Å²) in [4.78, 5) is 31.0. The van der Waals surface area contributed by atoms with Crippen molar-refractivity contribution in [3.63, 3.8) is 0 Å². The molecule has 0 spiro atoms. The Bertz CT molecular complexity index is 1360. The minimum Gasteiger partial charge on any atom is -0.493 e. The second-order valence-corrected chi connectivity index (χ2v) is 7.51. The quantitative estimate of drug-likeness (QED) is 0.448. The molecule has 4 aromatic rings. The van der Waals surface area contributed by atoms with Crippen LogP contribution in [0.1, 0.15) is 24.1 Å². The standard InChI is InChI=1S/C25H25N3O4/c1-17(19-8-5-4-6-9-19)28-20-10-7-14-26-23(20)24(29)27(25(28)30)15-13-18-11-12-21(31-2)22(16-18)32-3/h4-12,14,16-17H,13,15H2,1-3H3. The van der Waals surface area contributed by atoms with Crippen molar-refractivity contribution in [3.05, 3.63) is 98.8 Å². The van der Waals surface area contributed by atoms with Crippen LogP contribution in [0.5, 0.6) is 11.5 Å². The van der Waals surface area contributed by atoms with Gasteiger partial charge in [-0.3, -0.25) is 13.9 Å². The van der Waals surface area contributed by atoms with Gasteiger partial charge in [0.1, 0.15) is 0 Å². The van der Waals surface area contributed by atoms with Gasteiger partial charge < -0.3 is 9.47 Å². The van der Waals surface area contributed by atoms with Crippen LogP contribution in [0.3, 0.4) is 0 Å². The molecule has 2 heterocycles. The van der Waals surface area contributed by atoms with Gasteiger partial charge in [0.25, 0.3) is 5.56 Å². The predicted octanol–water partition coefficient (Wildman–Crippen LogP) is 3.43. The van der Waals surface area contributed by atoms with Crippen LogP contribution in [0, 0.1) is 0 Å². The summed E-state index contributed by atoms with van der Waals surface area (Å²) in [5, 5.41) is 0. The zero-order chi connectivity index (χ0) is 22.7. The van der Waals surface area contributed by atoms with Gasteiger partial charge in [0.15, 0.2) is 17.0 Å². The molecule has 0 fully saturated rings. The van der Waals surface area contributed by atoms with Gasteiger partial charge in [-0.25, -0.2) is 9.78 Å². The molecule has 1 atom stereocenters. The largest absolute Gasteiger partial charge is 0.493 e. The Labute approximate surface area is 185 Å². The van der Waals surface area contributed by atoms with Crippen LogP contribution in [-0.2, 0) is 13.0 Å². The van der Waals surface area contributed by atoms with Gasteiger partial charge in [0.05, 0.1) is 25.8 Å². The van der Waals surface area contributed by atoms with Crippen molar-refractivity contribution in [2.24, 2.45) is 0 Å². The highest BCUT2D eigenvalue weighted by Crippen LogP contribution is 2.27.